The smallest absolute Gasteiger partial charge is 0.264 e. The minimum absolute atomic E-state index is 0.185. The van der Waals surface area contributed by atoms with E-state index in [0.717, 1.165) is 51.7 Å². The SMILES string of the molecule is Cc1nc(C2CC2)nc2sc(C(=O)N3CCCC(C)C3)c(C)c12. The molecule has 3 heterocycles. The first-order valence-corrected chi connectivity index (χ1v) is 9.43. The number of likely N-dealkylation sites (tertiary alicyclic amines) is 1. The summed E-state index contributed by atoms with van der Waals surface area (Å²) in [5.74, 6) is 2.30. The van der Waals surface area contributed by atoms with E-state index >= 15 is 0 Å². The van der Waals surface area contributed by atoms with E-state index in [1.165, 1.54) is 19.3 Å². The van der Waals surface area contributed by atoms with Gasteiger partial charge in [0.25, 0.3) is 5.91 Å². The molecule has 0 bridgehead atoms. The number of thiophene rings is 1. The van der Waals surface area contributed by atoms with Crippen LogP contribution in [0.4, 0.5) is 0 Å². The first-order chi connectivity index (χ1) is 11.0. The first kappa shape index (κ1) is 15.1. The van der Waals surface area contributed by atoms with E-state index in [9.17, 15) is 4.79 Å². The Labute approximate surface area is 140 Å². The van der Waals surface area contributed by atoms with Crippen molar-refractivity contribution in [3.05, 3.63) is 22.0 Å². The molecule has 2 aromatic rings. The van der Waals surface area contributed by atoms with E-state index in [2.05, 4.69) is 6.92 Å². The Bertz CT molecular complexity index is 778. The third-order valence-electron chi connectivity index (χ3n) is 5.07. The van der Waals surface area contributed by atoms with Crippen molar-refractivity contribution in [2.45, 2.75) is 52.4 Å². The van der Waals surface area contributed by atoms with Crippen LogP contribution in [0.5, 0.6) is 0 Å². The summed E-state index contributed by atoms with van der Waals surface area (Å²) in [5, 5.41) is 1.09. The van der Waals surface area contributed by atoms with E-state index in [1.54, 1.807) is 11.3 Å². The molecule has 0 aromatic carbocycles. The van der Waals surface area contributed by atoms with E-state index in [1.807, 2.05) is 18.7 Å². The summed E-state index contributed by atoms with van der Waals surface area (Å²) >= 11 is 1.56. The van der Waals surface area contributed by atoms with Crippen molar-refractivity contribution in [2.24, 2.45) is 5.92 Å². The molecule has 4 rings (SSSR count). The summed E-state index contributed by atoms with van der Waals surface area (Å²) in [5.41, 5.74) is 2.09. The number of carbonyl (C=O) groups is 1. The number of amides is 1. The first-order valence-electron chi connectivity index (χ1n) is 8.61. The highest BCUT2D eigenvalue weighted by Gasteiger charge is 2.30. The molecule has 1 unspecified atom stereocenters. The van der Waals surface area contributed by atoms with Crippen molar-refractivity contribution in [1.29, 1.82) is 0 Å². The van der Waals surface area contributed by atoms with Crippen LogP contribution in [0.25, 0.3) is 10.2 Å². The molecule has 0 spiro atoms. The Morgan fingerprint density at radius 1 is 1.22 bits per heavy atom. The molecular formula is C18H23N3OS. The van der Waals surface area contributed by atoms with Gasteiger partial charge in [-0.3, -0.25) is 4.79 Å². The van der Waals surface area contributed by atoms with Gasteiger partial charge in [0, 0.05) is 24.4 Å². The zero-order valence-electron chi connectivity index (χ0n) is 14.1. The van der Waals surface area contributed by atoms with Crippen LogP contribution < -0.4 is 0 Å². The molecule has 23 heavy (non-hydrogen) atoms. The van der Waals surface area contributed by atoms with Gasteiger partial charge in [0.05, 0.1) is 10.6 Å². The van der Waals surface area contributed by atoms with Gasteiger partial charge in [-0.25, -0.2) is 9.97 Å². The van der Waals surface area contributed by atoms with E-state index in [4.69, 9.17) is 9.97 Å². The predicted octanol–water partition coefficient (Wildman–Crippen LogP) is 4.06. The van der Waals surface area contributed by atoms with Crippen LogP contribution >= 0.6 is 11.3 Å². The maximum Gasteiger partial charge on any atom is 0.264 e. The van der Waals surface area contributed by atoms with Crippen LogP contribution in [0.1, 0.15) is 65.3 Å². The van der Waals surface area contributed by atoms with E-state index in [-0.39, 0.29) is 5.91 Å². The molecule has 0 radical (unpaired) electrons. The molecule has 1 saturated carbocycles. The second-order valence-corrected chi connectivity index (χ2v) is 8.18. The standard InChI is InChI=1S/C18H23N3OS/c1-10-5-4-8-21(9-10)18(22)15-11(2)14-12(3)19-16(13-6-7-13)20-17(14)23-15/h10,13H,4-9H2,1-3H3. The van der Waals surface area contributed by atoms with Crippen molar-refractivity contribution in [2.75, 3.05) is 13.1 Å². The number of aryl methyl sites for hydroxylation is 2. The molecule has 4 nitrogen and oxygen atoms in total. The number of fused-ring (bicyclic) bond motifs is 1. The van der Waals surface area contributed by atoms with Gasteiger partial charge in [-0.2, -0.15) is 0 Å². The lowest BCUT2D eigenvalue weighted by Crippen LogP contribution is -2.38. The lowest BCUT2D eigenvalue weighted by Gasteiger charge is -2.30. The fourth-order valence-electron chi connectivity index (χ4n) is 3.61. The van der Waals surface area contributed by atoms with E-state index < -0.39 is 0 Å². The predicted molar refractivity (Wildman–Crippen MR) is 93.2 cm³/mol. The van der Waals surface area contributed by atoms with Gasteiger partial charge < -0.3 is 4.90 Å². The fraction of sp³-hybridized carbons (Fsp3) is 0.611. The topological polar surface area (TPSA) is 46.1 Å². The molecule has 1 aliphatic heterocycles. The molecule has 0 N–H and O–H groups in total. The molecule has 1 saturated heterocycles. The average molecular weight is 329 g/mol. The fourth-order valence-corrected chi connectivity index (χ4v) is 4.81. The third-order valence-corrected chi connectivity index (χ3v) is 6.24. The van der Waals surface area contributed by atoms with Crippen molar-refractivity contribution in [3.63, 3.8) is 0 Å². The Morgan fingerprint density at radius 3 is 2.70 bits per heavy atom. The Hall–Kier alpha value is -1.49. The van der Waals surface area contributed by atoms with Gasteiger partial charge >= 0.3 is 0 Å². The molecule has 5 heteroatoms. The summed E-state index contributed by atoms with van der Waals surface area (Å²) in [6.45, 7) is 8.09. The van der Waals surface area contributed by atoms with Gasteiger partial charge in [0.1, 0.15) is 10.7 Å². The molecule has 1 aliphatic carbocycles. The maximum absolute atomic E-state index is 13.0. The van der Waals surface area contributed by atoms with Crippen LogP contribution in [-0.4, -0.2) is 33.9 Å². The molecule has 1 amide bonds. The average Bonchev–Trinajstić information content (AvgIpc) is 3.31. The summed E-state index contributed by atoms with van der Waals surface area (Å²) < 4.78 is 0. The summed E-state index contributed by atoms with van der Waals surface area (Å²) in [6, 6.07) is 0. The molecule has 2 aromatic heterocycles. The quantitative estimate of drug-likeness (QED) is 0.835. The number of nitrogens with zero attached hydrogens (tertiary/aromatic N) is 3. The minimum Gasteiger partial charge on any atom is -0.338 e. The molecule has 122 valence electrons. The molecule has 2 aliphatic rings. The summed E-state index contributed by atoms with van der Waals surface area (Å²) in [4.78, 5) is 26.3. The van der Waals surface area contributed by atoms with Crippen molar-refractivity contribution in [1.82, 2.24) is 14.9 Å². The summed E-state index contributed by atoms with van der Waals surface area (Å²) in [6.07, 6.45) is 4.74. The third kappa shape index (κ3) is 2.65. The van der Waals surface area contributed by atoms with Crippen molar-refractivity contribution >= 4 is 27.5 Å². The van der Waals surface area contributed by atoms with Gasteiger partial charge in [-0.15, -0.1) is 11.3 Å². The van der Waals surface area contributed by atoms with Gasteiger partial charge in [-0.05, 0) is 51.0 Å². The second-order valence-electron chi connectivity index (χ2n) is 7.18. The summed E-state index contributed by atoms with van der Waals surface area (Å²) in [7, 11) is 0. The minimum atomic E-state index is 0.185. The van der Waals surface area contributed by atoms with Crippen LogP contribution in [0.15, 0.2) is 0 Å². The zero-order valence-corrected chi connectivity index (χ0v) is 14.9. The van der Waals surface area contributed by atoms with Crippen LogP contribution in [0.3, 0.4) is 0 Å². The Morgan fingerprint density at radius 2 is 2.00 bits per heavy atom. The van der Waals surface area contributed by atoms with Crippen molar-refractivity contribution < 1.29 is 4.79 Å². The van der Waals surface area contributed by atoms with Crippen LogP contribution in [0.2, 0.25) is 0 Å². The number of carbonyl (C=O) groups excluding carboxylic acids is 1. The number of rotatable bonds is 2. The number of piperidine rings is 1. The van der Waals surface area contributed by atoms with Crippen LogP contribution in [0, 0.1) is 19.8 Å². The van der Waals surface area contributed by atoms with Gasteiger partial charge in [-0.1, -0.05) is 6.92 Å². The number of hydrogen-bond acceptors (Lipinski definition) is 4. The second kappa shape index (κ2) is 5.55. The maximum atomic E-state index is 13.0. The van der Waals surface area contributed by atoms with E-state index in [0.29, 0.717) is 11.8 Å². The Balaban J connectivity index is 1.73. The highest BCUT2D eigenvalue weighted by Crippen LogP contribution is 2.40. The monoisotopic (exact) mass is 329 g/mol. The van der Waals surface area contributed by atoms with Gasteiger partial charge in [0.2, 0.25) is 0 Å². The largest absolute Gasteiger partial charge is 0.338 e. The highest BCUT2D eigenvalue weighted by atomic mass is 32.1. The zero-order chi connectivity index (χ0) is 16.1. The van der Waals surface area contributed by atoms with Gasteiger partial charge in [0.15, 0.2) is 0 Å². The number of hydrogen-bond donors (Lipinski definition) is 0. The lowest BCUT2D eigenvalue weighted by molar-refractivity contribution is 0.0687. The highest BCUT2D eigenvalue weighted by molar-refractivity contribution is 7.20. The molecule has 1 atom stereocenters. The Kier molecular flexibility index (Phi) is 3.63. The van der Waals surface area contributed by atoms with Crippen molar-refractivity contribution in [3.8, 4) is 0 Å². The lowest BCUT2D eigenvalue weighted by atomic mass is 10.00. The molecular weight excluding hydrogens is 306 g/mol. The normalized spacial score (nSPS) is 21.9. The number of aromatic nitrogens is 2. The van der Waals surface area contributed by atoms with Crippen LogP contribution in [-0.2, 0) is 0 Å². The molecule has 2 fully saturated rings.